The second-order valence-electron chi connectivity index (χ2n) is 9.62. The molecule has 0 aliphatic carbocycles. The number of hydrogen-bond donors (Lipinski definition) is 1. The van der Waals surface area contributed by atoms with E-state index in [4.69, 9.17) is 14.4 Å². The summed E-state index contributed by atoms with van der Waals surface area (Å²) in [6.45, 7) is 2.08. The van der Waals surface area contributed by atoms with E-state index < -0.39 is 0 Å². The molecule has 0 atom stereocenters. The lowest BCUT2D eigenvalue weighted by Gasteiger charge is -2.14. The van der Waals surface area contributed by atoms with Crippen LogP contribution < -0.4 is 0 Å². The Morgan fingerprint density at radius 1 is 0.711 bits per heavy atom. The first-order valence-electron chi connectivity index (χ1n) is 12.4. The molecule has 5 nitrogen and oxygen atoms in total. The average Bonchev–Trinajstić information content (AvgIpc) is 3.61. The summed E-state index contributed by atoms with van der Waals surface area (Å²) in [5.41, 5.74) is 8.62. The van der Waals surface area contributed by atoms with Crippen molar-refractivity contribution in [2.24, 2.45) is 0 Å². The molecule has 3 aromatic heterocycles. The Kier molecular flexibility index (Phi) is 4.52. The van der Waals surface area contributed by atoms with Crippen molar-refractivity contribution in [2.45, 2.75) is 6.92 Å². The Balaban J connectivity index is 1.64. The summed E-state index contributed by atoms with van der Waals surface area (Å²) in [4.78, 5) is 10.3. The van der Waals surface area contributed by atoms with Crippen LogP contribution in [0.1, 0.15) is 5.56 Å². The number of halogens is 1. The van der Waals surface area contributed by atoms with E-state index in [0.717, 1.165) is 75.7 Å². The SMILES string of the molecule is Cc1ccc(-c2nc3c4ccccc4c4nc5ccc6[nH]ncc6c5c(-c5ccc(Br)cc5)c4c3o2)cc1. The summed E-state index contributed by atoms with van der Waals surface area (Å²) in [5, 5.41) is 12.6. The molecule has 8 rings (SSSR count). The number of fused-ring (bicyclic) bond motifs is 9. The van der Waals surface area contributed by atoms with Crippen LogP contribution in [0.2, 0.25) is 0 Å². The van der Waals surface area contributed by atoms with E-state index in [2.05, 4.69) is 106 Å². The first kappa shape index (κ1) is 21.5. The van der Waals surface area contributed by atoms with E-state index >= 15 is 0 Å². The lowest BCUT2D eigenvalue weighted by molar-refractivity contribution is 0.623. The molecule has 0 aliphatic heterocycles. The molecule has 6 heteroatoms. The fourth-order valence-corrected chi connectivity index (χ4v) is 5.76. The van der Waals surface area contributed by atoms with E-state index in [0.29, 0.717) is 5.89 Å². The smallest absolute Gasteiger partial charge is 0.227 e. The van der Waals surface area contributed by atoms with E-state index in [9.17, 15) is 0 Å². The normalized spacial score (nSPS) is 11.9. The summed E-state index contributed by atoms with van der Waals surface area (Å²) in [5.74, 6) is 0.598. The third-order valence-electron chi connectivity index (χ3n) is 7.29. The Bertz CT molecular complexity index is 2190. The van der Waals surface area contributed by atoms with Gasteiger partial charge >= 0.3 is 0 Å². The van der Waals surface area contributed by atoms with Crippen LogP contribution in [0, 0.1) is 6.92 Å². The standard InChI is InChI=1S/C32H19BrN4O/c1-17-6-8-19(9-7-17)32-36-30-22-5-3-2-4-21(22)29-28(31(30)38-32)26(18-10-12-20(33)13-11-18)27-23-16-34-37-24(23)14-15-25(27)35-29/h2-16H,1H3,(H,34,37). The van der Waals surface area contributed by atoms with Gasteiger partial charge in [-0.25, -0.2) is 9.97 Å². The maximum Gasteiger partial charge on any atom is 0.227 e. The van der Waals surface area contributed by atoms with Crippen LogP contribution in [-0.4, -0.2) is 20.2 Å². The van der Waals surface area contributed by atoms with Crippen molar-refractivity contribution >= 4 is 70.5 Å². The molecule has 0 radical (unpaired) electrons. The topological polar surface area (TPSA) is 67.6 Å². The van der Waals surface area contributed by atoms with Crippen molar-refractivity contribution < 1.29 is 4.42 Å². The van der Waals surface area contributed by atoms with Gasteiger partial charge in [0.25, 0.3) is 0 Å². The third-order valence-corrected chi connectivity index (χ3v) is 7.82. The van der Waals surface area contributed by atoms with Crippen molar-refractivity contribution in [1.29, 1.82) is 0 Å². The van der Waals surface area contributed by atoms with Gasteiger partial charge in [0.2, 0.25) is 5.89 Å². The molecule has 3 heterocycles. The molecule has 0 fully saturated rings. The highest BCUT2D eigenvalue weighted by Gasteiger charge is 2.23. The number of aromatic nitrogens is 4. The predicted molar refractivity (Wildman–Crippen MR) is 157 cm³/mol. The summed E-state index contributed by atoms with van der Waals surface area (Å²) in [6.07, 6.45) is 1.88. The first-order chi connectivity index (χ1) is 18.7. The zero-order chi connectivity index (χ0) is 25.4. The molecule has 0 spiro atoms. The summed E-state index contributed by atoms with van der Waals surface area (Å²) >= 11 is 3.60. The molecule has 0 aliphatic rings. The van der Waals surface area contributed by atoms with Crippen molar-refractivity contribution in [2.75, 3.05) is 0 Å². The largest absolute Gasteiger partial charge is 0.435 e. The Labute approximate surface area is 225 Å². The Hall–Kier alpha value is -4.55. The second kappa shape index (κ2) is 7.97. The number of benzene rings is 5. The summed E-state index contributed by atoms with van der Waals surface area (Å²) < 4.78 is 7.68. The van der Waals surface area contributed by atoms with Crippen molar-refractivity contribution in [3.8, 4) is 22.6 Å². The van der Waals surface area contributed by atoms with Crippen LogP contribution in [0.5, 0.6) is 0 Å². The summed E-state index contributed by atoms with van der Waals surface area (Å²) in [7, 11) is 0. The maximum absolute atomic E-state index is 6.66. The van der Waals surface area contributed by atoms with Crippen molar-refractivity contribution in [1.82, 2.24) is 20.2 Å². The average molecular weight is 555 g/mol. The number of H-pyrrole nitrogens is 1. The molecule has 0 unspecified atom stereocenters. The fraction of sp³-hybridized carbons (Fsp3) is 0.0312. The van der Waals surface area contributed by atoms with Crippen LogP contribution in [0.25, 0.3) is 77.2 Å². The van der Waals surface area contributed by atoms with E-state index in [-0.39, 0.29) is 0 Å². The molecule has 8 aromatic rings. The number of nitrogens with zero attached hydrogens (tertiary/aromatic N) is 3. The second-order valence-corrected chi connectivity index (χ2v) is 10.5. The molecule has 1 N–H and O–H groups in total. The highest BCUT2D eigenvalue weighted by Crippen LogP contribution is 2.45. The third kappa shape index (κ3) is 3.07. The Morgan fingerprint density at radius 3 is 2.24 bits per heavy atom. The van der Waals surface area contributed by atoms with Crippen molar-refractivity contribution in [3.63, 3.8) is 0 Å². The molecule has 0 saturated carbocycles. The molecule has 5 aromatic carbocycles. The van der Waals surface area contributed by atoms with E-state index in [1.54, 1.807) is 0 Å². The number of oxazole rings is 1. The van der Waals surface area contributed by atoms with Gasteiger partial charge in [0.1, 0.15) is 5.52 Å². The number of aromatic amines is 1. The molecule has 180 valence electrons. The zero-order valence-corrected chi connectivity index (χ0v) is 21.9. The molecule has 0 bridgehead atoms. The van der Waals surface area contributed by atoms with Crippen LogP contribution in [0.4, 0.5) is 0 Å². The predicted octanol–water partition coefficient (Wildman–Crippen LogP) is 8.96. The number of rotatable bonds is 2. The maximum atomic E-state index is 6.66. The Morgan fingerprint density at radius 2 is 1.45 bits per heavy atom. The first-order valence-corrected chi connectivity index (χ1v) is 13.2. The highest BCUT2D eigenvalue weighted by molar-refractivity contribution is 9.10. The van der Waals surface area contributed by atoms with Crippen molar-refractivity contribution in [3.05, 3.63) is 101 Å². The minimum Gasteiger partial charge on any atom is -0.435 e. The zero-order valence-electron chi connectivity index (χ0n) is 20.3. The van der Waals surface area contributed by atoms with E-state index in [1.807, 2.05) is 18.3 Å². The van der Waals surface area contributed by atoms with Gasteiger partial charge in [-0.2, -0.15) is 5.10 Å². The quantitative estimate of drug-likeness (QED) is 0.171. The van der Waals surface area contributed by atoms with Gasteiger partial charge in [-0.15, -0.1) is 0 Å². The summed E-state index contributed by atoms with van der Waals surface area (Å²) in [6, 6.07) is 29.1. The lowest BCUT2D eigenvalue weighted by atomic mass is 9.92. The van der Waals surface area contributed by atoms with Crippen LogP contribution in [-0.2, 0) is 0 Å². The number of pyridine rings is 1. The van der Waals surface area contributed by atoms with Gasteiger partial charge in [0.05, 0.1) is 28.1 Å². The molecule has 0 saturated heterocycles. The molecular weight excluding hydrogens is 536 g/mol. The van der Waals surface area contributed by atoms with Crippen LogP contribution in [0.3, 0.4) is 0 Å². The number of nitrogens with one attached hydrogen (secondary N) is 1. The van der Waals surface area contributed by atoms with Gasteiger partial charge in [0, 0.05) is 37.1 Å². The van der Waals surface area contributed by atoms with Crippen LogP contribution >= 0.6 is 15.9 Å². The van der Waals surface area contributed by atoms with Gasteiger partial charge in [-0.1, -0.05) is 70.0 Å². The van der Waals surface area contributed by atoms with E-state index in [1.165, 1.54) is 5.56 Å². The molecular formula is C32H19BrN4O. The van der Waals surface area contributed by atoms with Gasteiger partial charge in [-0.3, -0.25) is 5.10 Å². The van der Waals surface area contributed by atoms with Gasteiger partial charge in [-0.05, 0) is 48.9 Å². The highest BCUT2D eigenvalue weighted by atomic mass is 79.9. The molecule has 0 amide bonds. The minimum absolute atomic E-state index is 0.598. The van der Waals surface area contributed by atoms with Gasteiger partial charge < -0.3 is 4.42 Å². The van der Waals surface area contributed by atoms with Crippen LogP contribution in [0.15, 0.2) is 100 Å². The monoisotopic (exact) mass is 554 g/mol. The lowest BCUT2D eigenvalue weighted by Crippen LogP contribution is -1.92. The number of aryl methyl sites for hydroxylation is 1. The minimum atomic E-state index is 0.598. The van der Waals surface area contributed by atoms with Gasteiger partial charge in [0.15, 0.2) is 5.58 Å². The molecule has 38 heavy (non-hydrogen) atoms. The fourth-order valence-electron chi connectivity index (χ4n) is 5.49. The number of hydrogen-bond acceptors (Lipinski definition) is 4.